The maximum Gasteiger partial charge on any atom is 0.228 e. The molecule has 7 heteroatoms. The van der Waals surface area contributed by atoms with Crippen molar-refractivity contribution in [3.8, 4) is 0 Å². The van der Waals surface area contributed by atoms with Crippen LogP contribution in [0.3, 0.4) is 0 Å². The van der Waals surface area contributed by atoms with Crippen LogP contribution in [0, 0.1) is 13.8 Å². The Morgan fingerprint density at radius 1 is 1.20 bits per heavy atom. The molecule has 0 radical (unpaired) electrons. The van der Waals surface area contributed by atoms with E-state index in [0.29, 0.717) is 17.3 Å². The van der Waals surface area contributed by atoms with Crippen LogP contribution in [0.5, 0.6) is 0 Å². The highest BCUT2D eigenvalue weighted by molar-refractivity contribution is 6.31. The van der Waals surface area contributed by atoms with Gasteiger partial charge >= 0.3 is 0 Å². The molecule has 0 bridgehead atoms. The van der Waals surface area contributed by atoms with Crippen LogP contribution in [0.25, 0.3) is 0 Å². The number of hydrogen-bond donors (Lipinski definition) is 1. The van der Waals surface area contributed by atoms with Gasteiger partial charge in [0.15, 0.2) is 0 Å². The topological polar surface area (TPSA) is 67.2 Å². The number of carbonyl (C=O) groups excluding carboxylic acids is 2. The number of halogens is 1. The molecule has 6 nitrogen and oxygen atoms in total. The number of nitrogens with one attached hydrogen (secondary N) is 1. The van der Waals surface area contributed by atoms with Gasteiger partial charge in [-0.05, 0) is 38.0 Å². The first-order valence-corrected chi connectivity index (χ1v) is 8.72. The summed E-state index contributed by atoms with van der Waals surface area (Å²) >= 11 is 5.96. The van der Waals surface area contributed by atoms with E-state index in [1.54, 1.807) is 17.0 Å². The smallest absolute Gasteiger partial charge is 0.228 e. The molecule has 0 unspecified atom stereocenters. The summed E-state index contributed by atoms with van der Waals surface area (Å²) in [5.41, 5.74) is 2.50. The summed E-state index contributed by atoms with van der Waals surface area (Å²) in [6, 6.07) is 7.24. The van der Waals surface area contributed by atoms with Crippen molar-refractivity contribution in [1.29, 1.82) is 0 Å². The fourth-order valence-corrected chi connectivity index (χ4v) is 3.13. The Morgan fingerprint density at radius 2 is 2.00 bits per heavy atom. The SMILES string of the molecule is Cc1cc2n(n1)CCCN2C(=O)CCC(=O)Nc1cc(Cl)ccc1C. The normalized spacial score (nSPS) is 13.5. The predicted molar refractivity (Wildman–Crippen MR) is 98.0 cm³/mol. The molecular weight excluding hydrogens is 340 g/mol. The molecule has 1 N–H and O–H groups in total. The summed E-state index contributed by atoms with van der Waals surface area (Å²) in [7, 11) is 0. The molecule has 0 spiro atoms. The van der Waals surface area contributed by atoms with Crippen molar-refractivity contribution in [3.63, 3.8) is 0 Å². The molecule has 0 saturated carbocycles. The van der Waals surface area contributed by atoms with Crippen LogP contribution in [-0.2, 0) is 16.1 Å². The van der Waals surface area contributed by atoms with Crippen LogP contribution in [-0.4, -0.2) is 28.1 Å². The van der Waals surface area contributed by atoms with E-state index in [-0.39, 0.29) is 24.7 Å². The van der Waals surface area contributed by atoms with E-state index in [4.69, 9.17) is 11.6 Å². The van der Waals surface area contributed by atoms with Crippen LogP contribution in [0.15, 0.2) is 24.3 Å². The second kappa shape index (κ2) is 7.27. The first-order chi connectivity index (χ1) is 11.9. The van der Waals surface area contributed by atoms with Crippen molar-refractivity contribution >= 4 is 34.9 Å². The molecule has 0 saturated heterocycles. The lowest BCUT2D eigenvalue weighted by Crippen LogP contribution is -2.37. The van der Waals surface area contributed by atoms with E-state index in [9.17, 15) is 9.59 Å². The Labute approximate surface area is 151 Å². The summed E-state index contributed by atoms with van der Waals surface area (Å²) in [5, 5.41) is 7.77. The molecule has 132 valence electrons. The average Bonchev–Trinajstić information content (AvgIpc) is 2.96. The summed E-state index contributed by atoms with van der Waals surface area (Å²) < 4.78 is 1.85. The zero-order valence-electron chi connectivity index (χ0n) is 14.4. The fraction of sp³-hybridized carbons (Fsp3) is 0.389. The first-order valence-electron chi connectivity index (χ1n) is 8.35. The Bertz CT molecular complexity index is 815. The van der Waals surface area contributed by atoms with E-state index in [1.165, 1.54) is 0 Å². The highest BCUT2D eigenvalue weighted by Crippen LogP contribution is 2.23. The Hall–Kier alpha value is -2.34. The standard InChI is InChI=1S/C18H21ClN4O2/c1-12-4-5-14(19)11-15(12)20-16(24)6-7-18(25)22-8-3-9-23-17(22)10-13(2)21-23/h4-5,10-11H,3,6-9H2,1-2H3,(H,20,24). The Kier molecular flexibility index (Phi) is 5.08. The van der Waals surface area contributed by atoms with Crippen molar-refractivity contribution in [1.82, 2.24) is 9.78 Å². The summed E-state index contributed by atoms with van der Waals surface area (Å²) in [5.74, 6) is 0.569. The van der Waals surface area contributed by atoms with Crippen molar-refractivity contribution in [2.75, 3.05) is 16.8 Å². The van der Waals surface area contributed by atoms with Crippen LogP contribution in [0.2, 0.25) is 5.02 Å². The third kappa shape index (κ3) is 4.02. The zero-order chi connectivity index (χ0) is 18.0. The highest BCUT2D eigenvalue weighted by atomic mass is 35.5. The van der Waals surface area contributed by atoms with Gasteiger partial charge in [-0.1, -0.05) is 17.7 Å². The summed E-state index contributed by atoms with van der Waals surface area (Å²) in [6.45, 7) is 5.30. The summed E-state index contributed by atoms with van der Waals surface area (Å²) in [6.07, 6.45) is 1.16. The number of nitrogens with zero attached hydrogens (tertiary/aromatic N) is 3. The van der Waals surface area contributed by atoms with Crippen molar-refractivity contribution in [3.05, 3.63) is 40.5 Å². The number of aromatic nitrogens is 2. The molecular formula is C18H21ClN4O2. The Balaban J connectivity index is 1.59. The van der Waals surface area contributed by atoms with Crippen LogP contribution < -0.4 is 10.2 Å². The van der Waals surface area contributed by atoms with Gasteiger partial charge in [0.2, 0.25) is 11.8 Å². The molecule has 0 atom stereocenters. The van der Waals surface area contributed by atoms with Gasteiger partial charge in [-0.25, -0.2) is 4.68 Å². The molecule has 1 aromatic heterocycles. The van der Waals surface area contributed by atoms with E-state index in [2.05, 4.69) is 10.4 Å². The third-order valence-electron chi connectivity index (χ3n) is 4.25. The molecule has 0 fully saturated rings. The lowest BCUT2D eigenvalue weighted by molar-refractivity contribution is -0.122. The van der Waals surface area contributed by atoms with Crippen LogP contribution in [0.1, 0.15) is 30.5 Å². The second-order valence-corrected chi connectivity index (χ2v) is 6.71. The van der Waals surface area contributed by atoms with Crippen molar-refractivity contribution < 1.29 is 9.59 Å². The number of benzene rings is 1. The number of fused-ring (bicyclic) bond motifs is 1. The molecule has 1 aliphatic rings. The van der Waals surface area contributed by atoms with Gasteiger partial charge in [0.1, 0.15) is 5.82 Å². The molecule has 3 rings (SSSR count). The number of amides is 2. The summed E-state index contributed by atoms with van der Waals surface area (Å²) in [4.78, 5) is 26.4. The largest absolute Gasteiger partial charge is 0.326 e. The van der Waals surface area contributed by atoms with Crippen molar-refractivity contribution in [2.24, 2.45) is 0 Å². The minimum Gasteiger partial charge on any atom is -0.326 e. The molecule has 25 heavy (non-hydrogen) atoms. The zero-order valence-corrected chi connectivity index (χ0v) is 15.1. The van der Waals surface area contributed by atoms with Crippen molar-refractivity contribution in [2.45, 2.75) is 39.7 Å². The van der Waals surface area contributed by atoms with Crippen LogP contribution in [0.4, 0.5) is 11.5 Å². The molecule has 0 aliphatic carbocycles. The minimum atomic E-state index is -0.194. The average molecular weight is 361 g/mol. The van der Waals surface area contributed by atoms with Gasteiger partial charge in [-0.15, -0.1) is 0 Å². The minimum absolute atomic E-state index is 0.0567. The van der Waals surface area contributed by atoms with Crippen LogP contribution >= 0.6 is 11.6 Å². The quantitative estimate of drug-likeness (QED) is 0.909. The number of carbonyl (C=O) groups is 2. The number of hydrogen-bond acceptors (Lipinski definition) is 3. The van der Waals surface area contributed by atoms with E-state index in [1.807, 2.05) is 30.7 Å². The fourth-order valence-electron chi connectivity index (χ4n) is 2.96. The number of aryl methyl sites for hydroxylation is 3. The lowest BCUT2D eigenvalue weighted by Gasteiger charge is -2.27. The highest BCUT2D eigenvalue weighted by Gasteiger charge is 2.24. The van der Waals surface area contributed by atoms with E-state index >= 15 is 0 Å². The van der Waals surface area contributed by atoms with Gasteiger partial charge in [0.25, 0.3) is 0 Å². The monoisotopic (exact) mass is 360 g/mol. The second-order valence-electron chi connectivity index (χ2n) is 6.27. The van der Waals surface area contributed by atoms with Gasteiger partial charge in [-0.3, -0.25) is 14.5 Å². The van der Waals surface area contributed by atoms with E-state index in [0.717, 1.165) is 30.0 Å². The number of anilines is 2. The molecule has 1 aliphatic heterocycles. The predicted octanol–water partition coefficient (Wildman–Crippen LogP) is 3.31. The third-order valence-corrected chi connectivity index (χ3v) is 4.48. The molecule has 1 aromatic carbocycles. The molecule has 2 aromatic rings. The first kappa shape index (κ1) is 17.5. The van der Waals surface area contributed by atoms with Gasteiger partial charge in [-0.2, -0.15) is 5.10 Å². The van der Waals surface area contributed by atoms with E-state index < -0.39 is 0 Å². The van der Waals surface area contributed by atoms with Gasteiger partial charge in [0, 0.05) is 42.7 Å². The Morgan fingerprint density at radius 3 is 2.80 bits per heavy atom. The lowest BCUT2D eigenvalue weighted by atomic mass is 10.2. The maximum absolute atomic E-state index is 12.5. The number of rotatable bonds is 4. The molecule has 2 heterocycles. The van der Waals surface area contributed by atoms with Gasteiger partial charge in [0.05, 0.1) is 5.69 Å². The maximum atomic E-state index is 12.5. The van der Waals surface area contributed by atoms with Gasteiger partial charge < -0.3 is 5.32 Å². The molecule has 2 amide bonds.